The summed E-state index contributed by atoms with van der Waals surface area (Å²) in [5.41, 5.74) is 0.747. The molecular weight excluding hydrogens is 524 g/mol. The fourth-order valence-electron chi connectivity index (χ4n) is 6.98. The van der Waals surface area contributed by atoms with E-state index < -0.39 is 22.6 Å². The molecule has 1 spiro atoms. The maximum absolute atomic E-state index is 14.7. The van der Waals surface area contributed by atoms with E-state index in [9.17, 15) is 19.5 Å². The van der Waals surface area contributed by atoms with Gasteiger partial charge in [-0.15, -0.1) is 24.9 Å². The van der Waals surface area contributed by atoms with Crippen LogP contribution in [0.15, 0.2) is 67.8 Å². The number of likely N-dealkylation sites (tertiary alicyclic amines) is 1. The van der Waals surface area contributed by atoms with Crippen molar-refractivity contribution in [3.8, 4) is 0 Å². The largest absolute Gasteiger partial charge is 0.465 e. The first-order chi connectivity index (χ1) is 19.4. The average Bonchev–Trinajstić information content (AvgIpc) is 3.55. The van der Waals surface area contributed by atoms with E-state index >= 15 is 0 Å². The quantitative estimate of drug-likeness (QED) is 0.231. The van der Waals surface area contributed by atoms with Gasteiger partial charge in [-0.2, -0.15) is 0 Å². The molecule has 3 aliphatic heterocycles. The molecule has 2 amide bonds. The minimum atomic E-state index is -0.730. The summed E-state index contributed by atoms with van der Waals surface area (Å²) in [6.07, 6.45) is 5.81. The van der Waals surface area contributed by atoms with Gasteiger partial charge in [0.2, 0.25) is 5.91 Å². The van der Waals surface area contributed by atoms with Crippen molar-refractivity contribution in [2.24, 2.45) is 17.8 Å². The average molecular weight is 563 g/mol. The van der Waals surface area contributed by atoms with Crippen molar-refractivity contribution in [3.63, 3.8) is 0 Å². The van der Waals surface area contributed by atoms with E-state index in [4.69, 9.17) is 4.74 Å². The van der Waals surface area contributed by atoms with Gasteiger partial charge in [0.1, 0.15) is 6.04 Å². The van der Waals surface area contributed by atoms with Crippen molar-refractivity contribution in [3.05, 3.63) is 67.8 Å². The lowest BCUT2D eigenvalue weighted by atomic mass is 9.66. The van der Waals surface area contributed by atoms with Gasteiger partial charge in [-0.3, -0.25) is 14.4 Å². The molecule has 0 radical (unpaired) electrons. The Balaban J connectivity index is 1.55. The number of amides is 2. The van der Waals surface area contributed by atoms with Crippen LogP contribution >= 0.6 is 11.8 Å². The van der Waals surface area contributed by atoms with Crippen LogP contribution in [-0.2, 0) is 19.1 Å². The minimum Gasteiger partial charge on any atom is -0.465 e. The molecule has 2 aromatic carbocycles. The van der Waals surface area contributed by atoms with Gasteiger partial charge < -0.3 is 19.6 Å². The van der Waals surface area contributed by atoms with Crippen molar-refractivity contribution in [2.75, 3.05) is 31.2 Å². The number of anilines is 1. The van der Waals surface area contributed by atoms with Crippen molar-refractivity contribution in [1.82, 2.24) is 4.90 Å². The third-order valence-electron chi connectivity index (χ3n) is 8.75. The summed E-state index contributed by atoms with van der Waals surface area (Å²) in [6, 6.07) is 13.2. The molecule has 3 saturated heterocycles. The Bertz CT molecular complexity index is 1310. The summed E-state index contributed by atoms with van der Waals surface area (Å²) >= 11 is 1.64. The van der Waals surface area contributed by atoms with Crippen LogP contribution in [0.3, 0.4) is 0 Å². The van der Waals surface area contributed by atoms with E-state index in [0.717, 1.165) is 22.9 Å². The zero-order valence-electron chi connectivity index (χ0n) is 23.0. The smallest absolute Gasteiger partial charge is 0.310 e. The van der Waals surface area contributed by atoms with E-state index in [2.05, 4.69) is 20.1 Å². The first-order valence-corrected chi connectivity index (χ1v) is 15.0. The molecule has 2 bridgehead atoms. The molecule has 0 aliphatic carbocycles. The van der Waals surface area contributed by atoms with Crippen molar-refractivity contribution in [2.45, 2.75) is 48.6 Å². The third-order valence-corrected chi connectivity index (χ3v) is 10.8. The Hall–Kier alpha value is -3.10. The number of hydrogen-bond donors (Lipinski definition) is 1. The van der Waals surface area contributed by atoms with Gasteiger partial charge in [0.05, 0.1) is 23.2 Å². The second kappa shape index (κ2) is 11.8. The molecule has 3 heterocycles. The topological polar surface area (TPSA) is 87.1 Å². The first kappa shape index (κ1) is 28.4. The number of nitrogens with zero attached hydrogens (tertiary/aromatic N) is 2. The number of aliphatic hydroxyl groups excluding tert-OH is 1. The Morgan fingerprint density at radius 3 is 2.67 bits per heavy atom. The van der Waals surface area contributed by atoms with Crippen LogP contribution in [0.25, 0.3) is 10.8 Å². The minimum absolute atomic E-state index is 0.0143. The molecule has 212 valence electrons. The van der Waals surface area contributed by atoms with Crippen molar-refractivity contribution >= 4 is 46.0 Å². The van der Waals surface area contributed by atoms with Crippen LogP contribution < -0.4 is 4.90 Å². The van der Waals surface area contributed by atoms with E-state index in [-0.39, 0.29) is 42.2 Å². The summed E-state index contributed by atoms with van der Waals surface area (Å²) in [5, 5.41) is 11.5. The summed E-state index contributed by atoms with van der Waals surface area (Å²) in [7, 11) is 0. The van der Waals surface area contributed by atoms with Gasteiger partial charge in [0.25, 0.3) is 5.91 Å². The second-order valence-electron chi connectivity index (χ2n) is 11.0. The number of ether oxygens (including phenoxy) is 1. The Labute approximate surface area is 240 Å². The van der Waals surface area contributed by atoms with Crippen molar-refractivity contribution < 1.29 is 24.2 Å². The monoisotopic (exact) mass is 562 g/mol. The van der Waals surface area contributed by atoms with E-state index in [1.165, 1.54) is 0 Å². The van der Waals surface area contributed by atoms with Crippen LogP contribution in [0.2, 0.25) is 0 Å². The van der Waals surface area contributed by atoms with Crippen LogP contribution in [-0.4, -0.2) is 70.1 Å². The highest BCUT2D eigenvalue weighted by molar-refractivity contribution is 8.02. The zero-order valence-corrected chi connectivity index (χ0v) is 23.9. The molecule has 3 unspecified atom stereocenters. The molecule has 2 aromatic rings. The first-order valence-electron chi connectivity index (χ1n) is 14.2. The Kier molecular flexibility index (Phi) is 8.38. The summed E-state index contributed by atoms with van der Waals surface area (Å²) in [6.45, 7) is 10.6. The molecule has 6 atom stereocenters. The number of aliphatic hydroxyl groups is 1. The van der Waals surface area contributed by atoms with Crippen LogP contribution in [0.1, 0.15) is 32.6 Å². The van der Waals surface area contributed by atoms with Gasteiger partial charge in [-0.1, -0.05) is 49.4 Å². The van der Waals surface area contributed by atoms with Crippen LogP contribution in [0, 0.1) is 17.8 Å². The Morgan fingerprint density at radius 1 is 1.18 bits per heavy atom. The van der Waals surface area contributed by atoms with E-state index in [0.29, 0.717) is 32.4 Å². The number of carbonyl (C=O) groups is 3. The molecule has 3 aliphatic rings. The lowest BCUT2D eigenvalue weighted by Crippen LogP contribution is -2.57. The molecule has 8 heteroatoms. The fraction of sp³-hybridized carbons (Fsp3) is 0.469. The third kappa shape index (κ3) is 4.65. The van der Waals surface area contributed by atoms with Gasteiger partial charge >= 0.3 is 5.97 Å². The lowest BCUT2D eigenvalue weighted by molar-refractivity contribution is -0.154. The van der Waals surface area contributed by atoms with Crippen LogP contribution in [0.4, 0.5) is 5.69 Å². The van der Waals surface area contributed by atoms with E-state index in [1.807, 2.05) is 42.5 Å². The molecule has 7 nitrogen and oxygen atoms in total. The predicted molar refractivity (Wildman–Crippen MR) is 159 cm³/mol. The van der Waals surface area contributed by atoms with E-state index in [1.54, 1.807) is 33.7 Å². The zero-order chi connectivity index (χ0) is 28.4. The maximum Gasteiger partial charge on any atom is 0.310 e. The van der Waals surface area contributed by atoms with Gasteiger partial charge in [0, 0.05) is 30.6 Å². The van der Waals surface area contributed by atoms with Gasteiger partial charge in [-0.25, -0.2) is 0 Å². The van der Waals surface area contributed by atoms with Crippen molar-refractivity contribution in [1.29, 1.82) is 0 Å². The summed E-state index contributed by atoms with van der Waals surface area (Å²) < 4.78 is 4.87. The molecule has 3 fully saturated rings. The number of benzene rings is 2. The standard InChI is InChI=1S/C32H38N2O5S/c1-4-6-18-39-31(38)26-25-19-21(3)32(40-25)27(26)29(36)34(16-9-10-17-35)28(32)30(37)33(15-5-2)24-14-13-22-11-7-8-12-23(22)20-24/h4-5,7-8,11-14,20-21,25-28,35H,1-2,6,9-10,15-19H2,3H3/t21?,25-,26+,27+,28?,32?/m1/s1. The highest BCUT2D eigenvalue weighted by atomic mass is 32.2. The molecule has 40 heavy (non-hydrogen) atoms. The normalized spacial score (nSPS) is 28.5. The number of fused-ring (bicyclic) bond motifs is 2. The highest BCUT2D eigenvalue weighted by Gasteiger charge is 2.76. The summed E-state index contributed by atoms with van der Waals surface area (Å²) in [5.74, 6) is -1.80. The molecule has 0 aromatic heterocycles. The second-order valence-corrected chi connectivity index (χ2v) is 12.6. The predicted octanol–water partition coefficient (Wildman–Crippen LogP) is 4.59. The maximum atomic E-state index is 14.7. The molecule has 0 saturated carbocycles. The number of carbonyl (C=O) groups excluding carboxylic acids is 3. The highest BCUT2D eigenvalue weighted by Crippen LogP contribution is 2.68. The van der Waals surface area contributed by atoms with Gasteiger partial charge in [-0.05, 0) is 54.5 Å². The Morgan fingerprint density at radius 2 is 1.95 bits per heavy atom. The number of unbranched alkanes of at least 4 members (excludes halogenated alkanes) is 1. The number of thioether (sulfide) groups is 1. The molecular formula is C32H38N2O5S. The molecule has 1 N–H and O–H groups in total. The SMILES string of the molecule is C=CCCOC(=O)[C@@H]1[C@H]2C(=O)N(CCCCO)C(C(=O)N(CC=C)c3ccc4ccccc4c3)C23S[C@@H]1CC3C. The van der Waals surface area contributed by atoms with Gasteiger partial charge in [0.15, 0.2) is 0 Å². The number of hydrogen-bond acceptors (Lipinski definition) is 6. The number of esters is 1. The molecule has 5 rings (SSSR count). The van der Waals surface area contributed by atoms with Crippen LogP contribution in [0.5, 0.6) is 0 Å². The lowest BCUT2D eigenvalue weighted by Gasteiger charge is -2.40. The fourth-order valence-corrected chi connectivity index (χ4v) is 9.39. The summed E-state index contributed by atoms with van der Waals surface area (Å²) in [4.78, 5) is 45.7. The number of rotatable bonds is 12.